The van der Waals surface area contributed by atoms with Crippen molar-refractivity contribution >= 4 is 15.9 Å². The molecule has 1 aliphatic heterocycles. The van der Waals surface area contributed by atoms with Crippen LogP contribution in [0.1, 0.15) is 5.56 Å². The molecular formula is C16H13F3N2O5S. The number of rotatable bonds is 4. The molecule has 1 aliphatic rings. The van der Waals surface area contributed by atoms with Crippen molar-refractivity contribution in [3.05, 3.63) is 54.1 Å². The Morgan fingerprint density at radius 3 is 2.30 bits per heavy atom. The van der Waals surface area contributed by atoms with Crippen molar-refractivity contribution in [2.24, 2.45) is 0 Å². The van der Waals surface area contributed by atoms with Crippen LogP contribution in [0.3, 0.4) is 0 Å². The Morgan fingerprint density at radius 2 is 1.67 bits per heavy atom. The summed E-state index contributed by atoms with van der Waals surface area (Å²) < 4.78 is 72.6. The first-order valence-corrected chi connectivity index (χ1v) is 9.02. The van der Waals surface area contributed by atoms with Gasteiger partial charge in [0.05, 0.1) is 10.5 Å². The highest BCUT2D eigenvalue weighted by Gasteiger charge is 2.31. The minimum absolute atomic E-state index is 0.134. The largest absolute Gasteiger partial charge is 0.485 e. The van der Waals surface area contributed by atoms with Gasteiger partial charge in [-0.15, -0.1) is 4.83 Å². The Bertz CT molecular complexity index is 945. The van der Waals surface area contributed by atoms with E-state index in [1.54, 1.807) is 24.3 Å². The van der Waals surface area contributed by atoms with Gasteiger partial charge in [-0.05, 0) is 36.4 Å². The Morgan fingerprint density at radius 1 is 1.04 bits per heavy atom. The molecule has 7 nitrogen and oxygen atoms in total. The number of para-hydroxylation sites is 2. The molecule has 27 heavy (non-hydrogen) atoms. The molecule has 0 aliphatic carbocycles. The minimum Gasteiger partial charge on any atom is -0.485 e. The van der Waals surface area contributed by atoms with E-state index in [-0.39, 0.29) is 6.61 Å². The molecule has 1 atom stereocenters. The van der Waals surface area contributed by atoms with Gasteiger partial charge in [0, 0.05) is 0 Å². The van der Waals surface area contributed by atoms with Crippen molar-refractivity contribution in [3.63, 3.8) is 0 Å². The monoisotopic (exact) mass is 402 g/mol. The number of fused-ring (bicyclic) bond motifs is 1. The molecule has 0 saturated carbocycles. The van der Waals surface area contributed by atoms with Gasteiger partial charge in [0.15, 0.2) is 11.5 Å². The van der Waals surface area contributed by atoms with Crippen LogP contribution >= 0.6 is 0 Å². The number of sulfonamides is 1. The lowest BCUT2D eigenvalue weighted by molar-refractivity contribution is -0.137. The fourth-order valence-electron chi connectivity index (χ4n) is 2.23. The van der Waals surface area contributed by atoms with Crippen molar-refractivity contribution in [2.75, 3.05) is 6.61 Å². The zero-order valence-electron chi connectivity index (χ0n) is 13.5. The number of halogens is 3. The highest BCUT2D eigenvalue weighted by atomic mass is 32.2. The van der Waals surface area contributed by atoms with Gasteiger partial charge in [-0.3, -0.25) is 10.2 Å². The number of alkyl halides is 3. The van der Waals surface area contributed by atoms with Gasteiger partial charge in [0.25, 0.3) is 15.9 Å². The van der Waals surface area contributed by atoms with E-state index in [0.29, 0.717) is 23.6 Å². The Hall–Kier alpha value is -2.79. The molecule has 0 bridgehead atoms. The molecule has 1 amide bonds. The normalized spacial score (nSPS) is 16.6. The summed E-state index contributed by atoms with van der Waals surface area (Å²) >= 11 is 0. The Balaban J connectivity index is 1.63. The van der Waals surface area contributed by atoms with Crippen LogP contribution in [0.15, 0.2) is 53.4 Å². The second-order valence-electron chi connectivity index (χ2n) is 5.48. The topological polar surface area (TPSA) is 93.7 Å². The number of hydrogen-bond acceptors (Lipinski definition) is 5. The first kappa shape index (κ1) is 19.0. The van der Waals surface area contributed by atoms with E-state index in [4.69, 9.17) is 9.47 Å². The van der Waals surface area contributed by atoms with Gasteiger partial charge in [0.2, 0.25) is 6.10 Å². The molecule has 2 aromatic carbocycles. The molecule has 144 valence electrons. The van der Waals surface area contributed by atoms with Gasteiger partial charge in [-0.1, -0.05) is 12.1 Å². The molecule has 0 spiro atoms. The molecule has 0 radical (unpaired) electrons. The standard InChI is InChI=1S/C16H13F3N2O5S/c17-16(18,19)10-5-7-11(8-6-10)27(23,24)21-20-15(22)14-9-25-12-3-1-2-4-13(12)26-14/h1-8,14,21H,9H2,(H,20,22)/t14-/m0/s1. The van der Waals surface area contributed by atoms with Crippen LogP contribution in [0.4, 0.5) is 13.2 Å². The van der Waals surface area contributed by atoms with Crippen LogP contribution in [0.2, 0.25) is 0 Å². The van der Waals surface area contributed by atoms with Crippen LogP contribution in [0.25, 0.3) is 0 Å². The predicted octanol–water partition coefficient (Wildman–Crippen LogP) is 1.85. The Kier molecular flexibility index (Phi) is 4.98. The predicted molar refractivity (Wildman–Crippen MR) is 86.3 cm³/mol. The van der Waals surface area contributed by atoms with Crippen molar-refractivity contribution < 1.29 is 35.9 Å². The van der Waals surface area contributed by atoms with Crippen LogP contribution in [-0.4, -0.2) is 27.0 Å². The number of ether oxygens (including phenoxy) is 2. The molecular weight excluding hydrogens is 389 g/mol. The second-order valence-corrected chi connectivity index (χ2v) is 7.16. The number of carbonyl (C=O) groups excluding carboxylic acids is 1. The number of hydrazine groups is 1. The smallest absolute Gasteiger partial charge is 0.416 e. The Labute approximate surface area is 152 Å². The molecule has 2 aromatic rings. The summed E-state index contributed by atoms with van der Waals surface area (Å²) in [5, 5.41) is 0. The summed E-state index contributed by atoms with van der Waals surface area (Å²) in [6.45, 7) is -0.134. The second kappa shape index (κ2) is 7.08. The highest BCUT2D eigenvalue weighted by molar-refractivity contribution is 7.89. The van der Waals surface area contributed by atoms with Gasteiger partial charge in [-0.25, -0.2) is 8.42 Å². The maximum atomic E-state index is 12.5. The van der Waals surface area contributed by atoms with E-state index in [1.165, 1.54) is 0 Å². The van der Waals surface area contributed by atoms with Gasteiger partial charge in [-0.2, -0.15) is 13.2 Å². The lowest BCUT2D eigenvalue weighted by Gasteiger charge is -2.25. The fourth-order valence-corrected chi connectivity index (χ4v) is 3.08. The number of hydrogen-bond donors (Lipinski definition) is 2. The van der Waals surface area contributed by atoms with E-state index in [1.807, 2.05) is 10.3 Å². The molecule has 0 fully saturated rings. The number of nitrogens with one attached hydrogen (secondary N) is 2. The maximum absolute atomic E-state index is 12.5. The summed E-state index contributed by atoms with van der Waals surface area (Å²) in [6.07, 6.45) is -5.69. The van der Waals surface area contributed by atoms with E-state index in [0.717, 1.165) is 12.1 Å². The average molecular weight is 402 g/mol. The number of benzene rings is 2. The van der Waals surface area contributed by atoms with E-state index in [2.05, 4.69) is 0 Å². The molecule has 0 aromatic heterocycles. The minimum atomic E-state index is -4.58. The van der Waals surface area contributed by atoms with E-state index >= 15 is 0 Å². The number of carbonyl (C=O) groups is 1. The van der Waals surface area contributed by atoms with E-state index in [9.17, 15) is 26.4 Å². The van der Waals surface area contributed by atoms with Crippen molar-refractivity contribution in [1.29, 1.82) is 0 Å². The quantitative estimate of drug-likeness (QED) is 0.762. The fraction of sp³-hybridized carbons (Fsp3) is 0.188. The van der Waals surface area contributed by atoms with Crippen LogP contribution in [0.5, 0.6) is 11.5 Å². The lowest BCUT2D eigenvalue weighted by Crippen LogP contribution is -2.50. The highest BCUT2D eigenvalue weighted by Crippen LogP contribution is 2.31. The summed E-state index contributed by atoms with van der Waals surface area (Å²) in [7, 11) is -4.26. The first-order chi connectivity index (χ1) is 12.7. The maximum Gasteiger partial charge on any atom is 0.416 e. The summed E-state index contributed by atoms with van der Waals surface area (Å²) in [5.74, 6) is -0.0404. The average Bonchev–Trinajstić information content (AvgIpc) is 2.65. The van der Waals surface area contributed by atoms with E-state index < -0.39 is 38.7 Å². The van der Waals surface area contributed by atoms with Crippen molar-refractivity contribution in [3.8, 4) is 11.5 Å². The third-order valence-electron chi connectivity index (χ3n) is 3.60. The van der Waals surface area contributed by atoms with Crippen LogP contribution in [0, 0.1) is 0 Å². The molecule has 0 unspecified atom stereocenters. The van der Waals surface area contributed by atoms with Crippen LogP contribution < -0.4 is 19.7 Å². The molecule has 1 heterocycles. The van der Waals surface area contributed by atoms with Gasteiger partial charge < -0.3 is 9.47 Å². The lowest BCUT2D eigenvalue weighted by atomic mass is 10.2. The van der Waals surface area contributed by atoms with Gasteiger partial charge in [0.1, 0.15) is 6.61 Å². The van der Waals surface area contributed by atoms with Crippen molar-refractivity contribution in [2.45, 2.75) is 17.2 Å². The van der Waals surface area contributed by atoms with Gasteiger partial charge >= 0.3 is 6.18 Å². The summed E-state index contributed by atoms with van der Waals surface area (Å²) in [4.78, 5) is 13.4. The zero-order chi connectivity index (χ0) is 19.7. The van der Waals surface area contributed by atoms with Crippen LogP contribution in [-0.2, 0) is 21.0 Å². The SMILES string of the molecule is O=C(NNS(=O)(=O)c1ccc(C(F)(F)F)cc1)[C@@H]1COc2ccccc2O1. The molecule has 3 rings (SSSR count). The third kappa shape index (κ3) is 4.31. The third-order valence-corrected chi connectivity index (χ3v) is 4.87. The first-order valence-electron chi connectivity index (χ1n) is 7.54. The van der Waals surface area contributed by atoms with Crippen molar-refractivity contribution in [1.82, 2.24) is 10.3 Å². The summed E-state index contributed by atoms with van der Waals surface area (Å²) in [6, 6.07) is 9.47. The molecule has 11 heteroatoms. The molecule has 2 N–H and O–H groups in total. The number of amides is 1. The summed E-state index contributed by atoms with van der Waals surface area (Å²) in [5.41, 5.74) is 0.974. The zero-order valence-corrected chi connectivity index (χ0v) is 14.3. The molecule has 0 saturated heterocycles.